The first-order valence-corrected chi connectivity index (χ1v) is 17.3. The number of benzene rings is 2. The van der Waals surface area contributed by atoms with E-state index >= 15 is 0 Å². The van der Waals surface area contributed by atoms with Crippen LogP contribution in [0.15, 0.2) is 48.5 Å². The summed E-state index contributed by atoms with van der Waals surface area (Å²) in [6, 6.07) is 15.8. The molecule has 0 radical (unpaired) electrons. The van der Waals surface area contributed by atoms with Gasteiger partial charge in [-0.2, -0.15) is 0 Å². The van der Waals surface area contributed by atoms with Crippen LogP contribution in [0.5, 0.6) is 11.5 Å². The molecule has 6 nitrogen and oxygen atoms in total. The van der Waals surface area contributed by atoms with E-state index in [1.165, 1.54) is 63.4 Å². The van der Waals surface area contributed by atoms with Crippen molar-refractivity contribution in [3.8, 4) is 11.5 Å². The summed E-state index contributed by atoms with van der Waals surface area (Å²) >= 11 is 0. The highest BCUT2D eigenvalue weighted by Crippen LogP contribution is 2.30. The molecule has 1 unspecified atom stereocenters. The van der Waals surface area contributed by atoms with E-state index in [0.29, 0.717) is 56.9 Å². The molecule has 1 atom stereocenters. The largest absolute Gasteiger partial charge is 0.494 e. The maximum Gasteiger partial charge on any atom is 0.220 e. The van der Waals surface area contributed by atoms with E-state index in [-0.39, 0.29) is 11.7 Å². The van der Waals surface area contributed by atoms with Crippen LogP contribution < -0.4 is 14.8 Å². The van der Waals surface area contributed by atoms with Crippen molar-refractivity contribution < 1.29 is 23.8 Å². The van der Waals surface area contributed by atoms with Crippen molar-refractivity contribution in [2.45, 2.75) is 110 Å². The third-order valence-corrected chi connectivity index (χ3v) is 8.79. The third-order valence-electron chi connectivity index (χ3n) is 8.79. The van der Waals surface area contributed by atoms with E-state index in [2.05, 4.69) is 36.5 Å². The molecule has 0 saturated heterocycles. The van der Waals surface area contributed by atoms with Gasteiger partial charge in [0.25, 0.3) is 0 Å². The number of ketones is 1. The van der Waals surface area contributed by atoms with E-state index < -0.39 is 0 Å². The summed E-state index contributed by atoms with van der Waals surface area (Å²) in [7, 11) is 1.64. The molecule has 1 fully saturated rings. The average Bonchev–Trinajstić information content (AvgIpc) is 3.56. The molecule has 6 heteroatoms. The molecular formula is C38H57NO5. The van der Waals surface area contributed by atoms with Crippen LogP contribution in [0.2, 0.25) is 0 Å². The summed E-state index contributed by atoms with van der Waals surface area (Å²) in [6.45, 7) is 4.72. The van der Waals surface area contributed by atoms with Crippen LogP contribution in [0.3, 0.4) is 0 Å². The number of Topliss-reactive ketones (excluding diaryl/α,β-unsaturated/α-hetero) is 1. The van der Waals surface area contributed by atoms with Crippen molar-refractivity contribution in [1.82, 2.24) is 5.32 Å². The Morgan fingerprint density at radius 3 is 2.18 bits per heavy atom. The summed E-state index contributed by atoms with van der Waals surface area (Å²) in [5, 5.41) is 3.21. The Morgan fingerprint density at radius 1 is 0.795 bits per heavy atom. The fourth-order valence-electron chi connectivity index (χ4n) is 6.09. The van der Waals surface area contributed by atoms with Crippen LogP contribution in [0, 0.1) is 11.8 Å². The van der Waals surface area contributed by atoms with Gasteiger partial charge in [0.2, 0.25) is 5.91 Å². The SMILES string of the molecule is CCCCCCOc1ccc(CC(CCCC2CCCC2)CNC(=O)CCCCC(=O)c2ccc(OCCOC)cc2)cc1. The first-order chi connectivity index (χ1) is 21.6. The highest BCUT2D eigenvalue weighted by Gasteiger charge is 2.17. The molecule has 0 aromatic heterocycles. The Kier molecular flexibility index (Phi) is 17.6. The number of carbonyl (C=O) groups is 2. The Balaban J connectivity index is 1.38. The summed E-state index contributed by atoms with van der Waals surface area (Å²) in [5.41, 5.74) is 1.98. The minimum atomic E-state index is 0.0858. The Labute approximate surface area is 266 Å². The van der Waals surface area contributed by atoms with Crippen molar-refractivity contribution in [3.05, 3.63) is 59.7 Å². The standard InChI is InChI=1S/C38H57NO5/c1-3-4-5-10-26-43-35-22-18-32(19-23-35)29-33(15-11-14-31-12-6-7-13-31)30-39-38(41)17-9-8-16-37(40)34-20-24-36(25-21-34)44-28-27-42-2/h18-25,31,33H,3-17,26-30H2,1-2H3,(H,39,41). The van der Waals surface area contributed by atoms with Gasteiger partial charge in [-0.1, -0.05) is 76.8 Å². The molecule has 1 amide bonds. The molecule has 0 bridgehead atoms. The summed E-state index contributed by atoms with van der Waals surface area (Å²) in [6.07, 6.45) is 17.3. The number of ether oxygens (including phenoxy) is 3. The Morgan fingerprint density at radius 2 is 1.48 bits per heavy atom. The molecule has 244 valence electrons. The molecule has 1 aliphatic rings. The normalized spacial score (nSPS) is 14.0. The van der Waals surface area contributed by atoms with Gasteiger partial charge in [0.05, 0.1) is 13.2 Å². The lowest BCUT2D eigenvalue weighted by Crippen LogP contribution is -2.30. The topological polar surface area (TPSA) is 73.9 Å². The number of carbonyl (C=O) groups excluding carboxylic acids is 2. The van der Waals surface area contributed by atoms with Gasteiger partial charge < -0.3 is 19.5 Å². The number of hydrogen-bond donors (Lipinski definition) is 1. The highest BCUT2D eigenvalue weighted by molar-refractivity contribution is 5.96. The second-order valence-electron chi connectivity index (χ2n) is 12.5. The summed E-state index contributed by atoms with van der Waals surface area (Å²) in [5.74, 6) is 3.18. The summed E-state index contributed by atoms with van der Waals surface area (Å²) < 4.78 is 16.5. The number of nitrogens with one attached hydrogen (secondary N) is 1. The molecule has 44 heavy (non-hydrogen) atoms. The molecule has 1 N–H and O–H groups in total. The van der Waals surface area contributed by atoms with Gasteiger partial charge in [-0.3, -0.25) is 9.59 Å². The van der Waals surface area contributed by atoms with E-state index in [9.17, 15) is 9.59 Å². The minimum absolute atomic E-state index is 0.0858. The van der Waals surface area contributed by atoms with Gasteiger partial charge in [-0.25, -0.2) is 0 Å². The quantitative estimate of drug-likeness (QED) is 0.0954. The van der Waals surface area contributed by atoms with Crippen LogP contribution in [-0.2, 0) is 16.0 Å². The van der Waals surface area contributed by atoms with Crippen LogP contribution in [0.1, 0.15) is 119 Å². The van der Waals surface area contributed by atoms with Gasteiger partial charge in [0.1, 0.15) is 18.1 Å². The molecule has 0 heterocycles. The zero-order valence-electron chi connectivity index (χ0n) is 27.5. The molecule has 2 aromatic rings. The van der Waals surface area contributed by atoms with E-state index in [1.54, 1.807) is 19.2 Å². The molecule has 0 aliphatic heterocycles. The first kappa shape index (κ1) is 35.6. The van der Waals surface area contributed by atoms with Gasteiger partial charge >= 0.3 is 0 Å². The lowest BCUT2D eigenvalue weighted by molar-refractivity contribution is -0.121. The average molecular weight is 608 g/mol. The fraction of sp³-hybridized carbons (Fsp3) is 0.632. The lowest BCUT2D eigenvalue weighted by Gasteiger charge is -2.19. The Hall–Kier alpha value is -2.86. The predicted octanol–water partition coefficient (Wildman–Crippen LogP) is 8.75. The van der Waals surface area contributed by atoms with Crippen LogP contribution in [0.4, 0.5) is 0 Å². The zero-order chi connectivity index (χ0) is 31.2. The van der Waals surface area contributed by atoms with Gasteiger partial charge in [-0.05, 0) is 85.9 Å². The molecule has 0 spiro atoms. The predicted molar refractivity (Wildman–Crippen MR) is 179 cm³/mol. The van der Waals surface area contributed by atoms with Crippen molar-refractivity contribution in [1.29, 1.82) is 0 Å². The molecule has 1 saturated carbocycles. The Bertz CT molecular complexity index is 1050. The zero-order valence-corrected chi connectivity index (χ0v) is 27.5. The van der Waals surface area contributed by atoms with E-state index in [1.807, 2.05) is 12.1 Å². The van der Waals surface area contributed by atoms with Gasteiger partial charge in [-0.15, -0.1) is 0 Å². The summed E-state index contributed by atoms with van der Waals surface area (Å²) in [4.78, 5) is 25.3. The molecule has 2 aromatic carbocycles. The smallest absolute Gasteiger partial charge is 0.220 e. The van der Waals surface area contributed by atoms with Gasteiger partial charge in [0, 0.05) is 32.1 Å². The first-order valence-electron chi connectivity index (χ1n) is 17.3. The van der Waals surface area contributed by atoms with Crippen LogP contribution in [0.25, 0.3) is 0 Å². The maximum absolute atomic E-state index is 12.7. The third kappa shape index (κ3) is 14.7. The lowest BCUT2D eigenvalue weighted by atomic mass is 9.91. The number of hydrogen-bond acceptors (Lipinski definition) is 5. The molecule has 3 rings (SSSR count). The van der Waals surface area contributed by atoms with Crippen LogP contribution >= 0.6 is 0 Å². The van der Waals surface area contributed by atoms with Crippen molar-refractivity contribution in [3.63, 3.8) is 0 Å². The van der Waals surface area contributed by atoms with Crippen LogP contribution in [-0.4, -0.2) is 45.2 Å². The second kappa shape index (κ2) is 21.8. The highest BCUT2D eigenvalue weighted by atomic mass is 16.5. The fourth-order valence-corrected chi connectivity index (χ4v) is 6.09. The van der Waals surface area contributed by atoms with E-state index in [4.69, 9.17) is 14.2 Å². The van der Waals surface area contributed by atoms with Crippen molar-refractivity contribution in [2.24, 2.45) is 11.8 Å². The van der Waals surface area contributed by atoms with Gasteiger partial charge in [0.15, 0.2) is 5.78 Å². The molecular weight excluding hydrogens is 550 g/mol. The number of methoxy groups -OCH3 is 1. The van der Waals surface area contributed by atoms with Crippen molar-refractivity contribution >= 4 is 11.7 Å². The number of rotatable bonds is 24. The number of unbranched alkanes of at least 4 members (excludes halogenated alkanes) is 4. The van der Waals surface area contributed by atoms with Crippen molar-refractivity contribution in [2.75, 3.05) is 33.5 Å². The minimum Gasteiger partial charge on any atom is -0.494 e. The monoisotopic (exact) mass is 607 g/mol. The van der Waals surface area contributed by atoms with E-state index in [0.717, 1.165) is 43.3 Å². The second-order valence-corrected chi connectivity index (χ2v) is 12.5. The number of amides is 1. The molecule has 1 aliphatic carbocycles. The maximum atomic E-state index is 12.7.